The van der Waals surface area contributed by atoms with Gasteiger partial charge in [0, 0.05) is 24.2 Å². The summed E-state index contributed by atoms with van der Waals surface area (Å²) in [4.78, 5) is 15.1. The van der Waals surface area contributed by atoms with Gasteiger partial charge < -0.3 is 4.98 Å². The molecule has 1 aromatic carbocycles. The first-order valence-corrected chi connectivity index (χ1v) is 6.03. The molecule has 2 aromatic heterocycles. The average molecular weight is 290 g/mol. The highest BCUT2D eigenvalue weighted by molar-refractivity contribution is 5.76. The first kappa shape index (κ1) is 13.3. The Morgan fingerprint density at radius 3 is 2.38 bits per heavy atom. The molecule has 3 aromatic rings. The summed E-state index contributed by atoms with van der Waals surface area (Å²) in [6.07, 6.45) is 1.80. The van der Waals surface area contributed by atoms with Crippen LogP contribution in [0.2, 0.25) is 0 Å². The maximum atomic E-state index is 12.6. The molecule has 0 aliphatic carbocycles. The van der Waals surface area contributed by atoms with Crippen LogP contribution in [0, 0.1) is 0 Å². The number of alkyl halides is 3. The largest absolute Gasteiger partial charge is 0.416 e. The standard InChI is InChI=1S/C14H9F3N4/c15-14(16,17)10-3-1-9(2-4-10)12-11(7-18-8-21-12)13-19-5-6-20-13/h1-8H,(H,19,20). The first-order chi connectivity index (χ1) is 10.1. The Morgan fingerprint density at radius 1 is 1.00 bits per heavy atom. The van der Waals surface area contributed by atoms with Gasteiger partial charge in [-0.2, -0.15) is 13.2 Å². The van der Waals surface area contributed by atoms with Crippen molar-refractivity contribution >= 4 is 0 Å². The maximum Gasteiger partial charge on any atom is 0.416 e. The van der Waals surface area contributed by atoms with Gasteiger partial charge in [-0.05, 0) is 12.1 Å². The fraction of sp³-hybridized carbons (Fsp3) is 0.0714. The zero-order valence-electron chi connectivity index (χ0n) is 10.6. The number of imidazole rings is 1. The molecule has 0 saturated carbocycles. The number of benzene rings is 1. The van der Waals surface area contributed by atoms with E-state index in [0.717, 1.165) is 12.1 Å². The van der Waals surface area contributed by atoms with Crippen molar-refractivity contribution in [2.75, 3.05) is 0 Å². The molecule has 0 aliphatic heterocycles. The second kappa shape index (κ2) is 5.01. The number of H-pyrrole nitrogens is 1. The summed E-state index contributed by atoms with van der Waals surface area (Å²) in [5, 5.41) is 0. The van der Waals surface area contributed by atoms with Gasteiger partial charge >= 0.3 is 6.18 Å². The molecular weight excluding hydrogens is 281 g/mol. The number of aromatic amines is 1. The minimum absolute atomic E-state index is 0.522. The molecule has 0 aliphatic rings. The third kappa shape index (κ3) is 2.62. The van der Waals surface area contributed by atoms with E-state index in [4.69, 9.17) is 0 Å². The lowest BCUT2D eigenvalue weighted by Crippen LogP contribution is -2.04. The van der Waals surface area contributed by atoms with Gasteiger partial charge in [0.05, 0.1) is 16.8 Å². The highest BCUT2D eigenvalue weighted by atomic mass is 19.4. The van der Waals surface area contributed by atoms with Gasteiger partial charge in [0.15, 0.2) is 0 Å². The van der Waals surface area contributed by atoms with Crippen molar-refractivity contribution < 1.29 is 13.2 Å². The molecule has 21 heavy (non-hydrogen) atoms. The van der Waals surface area contributed by atoms with Crippen molar-refractivity contribution in [2.24, 2.45) is 0 Å². The van der Waals surface area contributed by atoms with Crippen LogP contribution in [0.4, 0.5) is 13.2 Å². The predicted molar refractivity (Wildman–Crippen MR) is 70.1 cm³/mol. The molecule has 0 bridgehead atoms. The highest BCUT2D eigenvalue weighted by Crippen LogP contribution is 2.32. The van der Waals surface area contributed by atoms with Gasteiger partial charge in [0.25, 0.3) is 0 Å². The van der Waals surface area contributed by atoms with E-state index in [-0.39, 0.29) is 0 Å². The molecule has 0 unspecified atom stereocenters. The summed E-state index contributed by atoms with van der Waals surface area (Å²) in [7, 11) is 0. The average Bonchev–Trinajstić information content (AvgIpc) is 3.01. The van der Waals surface area contributed by atoms with Crippen molar-refractivity contribution in [3.8, 4) is 22.6 Å². The highest BCUT2D eigenvalue weighted by Gasteiger charge is 2.30. The smallest absolute Gasteiger partial charge is 0.345 e. The molecule has 4 nitrogen and oxygen atoms in total. The molecule has 2 heterocycles. The van der Waals surface area contributed by atoms with E-state index in [9.17, 15) is 13.2 Å². The van der Waals surface area contributed by atoms with Crippen LogP contribution in [0.5, 0.6) is 0 Å². The van der Waals surface area contributed by atoms with Crippen molar-refractivity contribution in [2.45, 2.75) is 6.18 Å². The number of aromatic nitrogens is 4. The Morgan fingerprint density at radius 2 is 1.76 bits per heavy atom. The van der Waals surface area contributed by atoms with Crippen molar-refractivity contribution in [3.63, 3.8) is 0 Å². The van der Waals surface area contributed by atoms with E-state index in [2.05, 4.69) is 19.9 Å². The lowest BCUT2D eigenvalue weighted by molar-refractivity contribution is -0.137. The summed E-state index contributed by atoms with van der Waals surface area (Å²) in [6.45, 7) is 0. The molecule has 0 saturated heterocycles. The fourth-order valence-corrected chi connectivity index (χ4v) is 1.96. The Labute approximate surface area is 117 Å². The SMILES string of the molecule is FC(F)(F)c1ccc(-c2ncncc2-c2ncc[nH]2)cc1. The monoisotopic (exact) mass is 290 g/mol. The van der Waals surface area contributed by atoms with Crippen molar-refractivity contribution in [3.05, 3.63) is 54.7 Å². The summed E-state index contributed by atoms with van der Waals surface area (Å²) in [6, 6.07) is 4.84. The summed E-state index contributed by atoms with van der Waals surface area (Å²) < 4.78 is 37.8. The van der Waals surface area contributed by atoms with Crippen molar-refractivity contribution in [1.82, 2.24) is 19.9 Å². The number of nitrogens with zero attached hydrogens (tertiary/aromatic N) is 3. The van der Waals surface area contributed by atoms with E-state index in [0.29, 0.717) is 22.6 Å². The third-order valence-corrected chi connectivity index (χ3v) is 2.95. The zero-order chi connectivity index (χ0) is 14.9. The number of halogens is 3. The van der Waals surface area contributed by atoms with Crippen LogP contribution in [0.25, 0.3) is 22.6 Å². The van der Waals surface area contributed by atoms with Gasteiger partial charge in [-0.1, -0.05) is 12.1 Å². The van der Waals surface area contributed by atoms with Crippen LogP contribution in [0.3, 0.4) is 0 Å². The molecule has 0 amide bonds. The van der Waals surface area contributed by atoms with Gasteiger partial charge in [0.2, 0.25) is 0 Å². The van der Waals surface area contributed by atoms with E-state index in [1.54, 1.807) is 18.6 Å². The first-order valence-electron chi connectivity index (χ1n) is 6.03. The second-order valence-electron chi connectivity index (χ2n) is 4.30. The maximum absolute atomic E-state index is 12.6. The molecule has 106 valence electrons. The minimum Gasteiger partial charge on any atom is -0.345 e. The molecular formula is C14H9F3N4. The lowest BCUT2D eigenvalue weighted by atomic mass is 10.0. The molecule has 0 atom stereocenters. The number of hydrogen-bond acceptors (Lipinski definition) is 3. The minimum atomic E-state index is -4.35. The Hall–Kier alpha value is -2.70. The Bertz CT molecular complexity index is 734. The third-order valence-electron chi connectivity index (χ3n) is 2.95. The van der Waals surface area contributed by atoms with Crippen LogP contribution in [-0.4, -0.2) is 19.9 Å². The molecule has 1 N–H and O–H groups in total. The topological polar surface area (TPSA) is 54.5 Å². The fourth-order valence-electron chi connectivity index (χ4n) is 1.96. The summed E-state index contributed by atoms with van der Waals surface area (Å²) in [5.41, 5.74) is 1.02. The normalized spacial score (nSPS) is 11.6. The van der Waals surface area contributed by atoms with E-state index in [1.165, 1.54) is 18.5 Å². The molecule has 0 spiro atoms. The van der Waals surface area contributed by atoms with Gasteiger partial charge in [0.1, 0.15) is 12.2 Å². The van der Waals surface area contributed by atoms with E-state index >= 15 is 0 Å². The van der Waals surface area contributed by atoms with E-state index < -0.39 is 11.7 Å². The predicted octanol–water partition coefficient (Wildman–Crippen LogP) is 3.55. The molecule has 0 radical (unpaired) electrons. The summed E-state index contributed by atoms with van der Waals surface area (Å²) >= 11 is 0. The van der Waals surface area contributed by atoms with Gasteiger partial charge in [-0.3, -0.25) is 0 Å². The Kier molecular flexibility index (Phi) is 3.17. The van der Waals surface area contributed by atoms with Crippen LogP contribution >= 0.6 is 0 Å². The number of hydrogen-bond donors (Lipinski definition) is 1. The van der Waals surface area contributed by atoms with Crippen LogP contribution in [-0.2, 0) is 6.18 Å². The van der Waals surface area contributed by atoms with Gasteiger partial charge in [-0.25, -0.2) is 15.0 Å². The molecule has 0 fully saturated rings. The zero-order valence-corrected chi connectivity index (χ0v) is 10.6. The Balaban J connectivity index is 2.06. The quantitative estimate of drug-likeness (QED) is 0.785. The number of rotatable bonds is 2. The van der Waals surface area contributed by atoms with Crippen LogP contribution in [0.15, 0.2) is 49.2 Å². The van der Waals surface area contributed by atoms with E-state index in [1.807, 2.05) is 0 Å². The van der Waals surface area contributed by atoms with Gasteiger partial charge in [-0.15, -0.1) is 0 Å². The second-order valence-corrected chi connectivity index (χ2v) is 4.30. The van der Waals surface area contributed by atoms with Crippen molar-refractivity contribution in [1.29, 1.82) is 0 Å². The lowest BCUT2D eigenvalue weighted by Gasteiger charge is -2.09. The molecule has 3 rings (SSSR count). The summed E-state index contributed by atoms with van der Waals surface area (Å²) in [5.74, 6) is 0.561. The van der Waals surface area contributed by atoms with Crippen LogP contribution < -0.4 is 0 Å². The van der Waals surface area contributed by atoms with Crippen LogP contribution in [0.1, 0.15) is 5.56 Å². The molecule has 7 heteroatoms. The number of nitrogens with one attached hydrogen (secondary N) is 1.